The van der Waals surface area contributed by atoms with E-state index >= 15 is 0 Å². The molecule has 0 spiro atoms. The summed E-state index contributed by atoms with van der Waals surface area (Å²) in [5.41, 5.74) is 3.18. The Kier molecular flexibility index (Phi) is 5.16. The maximum atomic E-state index is 13.0. The van der Waals surface area contributed by atoms with E-state index in [1.165, 1.54) is 18.2 Å². The molecule has 0 amide bonds. The van der Waals surface area contributed by atoms with Crippen molar-refractivity contribution in [2.75, 3.05) is 0 Å². The number of hydrogen-bond donors (Lipinski definition) is 1. The summed E-state index contributed by atoms with van der Waals surface area (Å²) in [6.07, 6.45) is 2.70. The highest BCUT2D eigenvalue weighted by Gasteiger charge is 2.10. The van der Waals surface area contributed by atoms with Gasteiger partial charge in [-0.25, -0.2) is 9.37 Å². The van der Waals surface area contributed by atoms with Gasteiger partial charge in [-0.15, -0.1) is 0 Å². The molecule has 4 rings (SSSR count). The van der Waals surface area contributed by atoms with Gasteiger partial charge in [-0.3, -0.25) is 9.36 Å². The number of halogens is 1. The average Bonchev–Trinajstić information content (AvgIpc) is 3.16. The molecule has 0 saturated heterocycles. The smallest absolute Gasteiger partial charge is 0.258 e. The Bertz CT molecular complexity index is 1190. The van der Waals surface area contributed by atoms with Crippen molar-refractivity contribution in [1.29, 1.82) is 0 Å². The minimum absolute atomic E-state index is 0.192. The van der Waals surface area contributed by atoms with Gasteiger partial charge in [-0.2, -0.15) is 0 Å². The third-order valence-electron chi connectivity index (χ3n) is 5.05. The molecule has 2 aromatic heterocycles. The first kappa shape index (κ1) is 18.9. The minimum Gasteiger partial charge on any atom is -0.489 e. The molecule has 0 bridgehead atoms. The zero-order valence-corrected chi connectivity index (χ0v) is 16.4. The number of aromatic amines is 1. The van der Waals surface area contributed by atoms with Crippen molar-refractivity contribution >= 4 is 11.0 Å². The molecule has 29 heavy (non-hydrogen) atoms. The van der Waals surface area contributed by atoms with E-state index in [0.29, 0.717) is 11.7 Å². The normalized spacial score (nSPS) is 12.2. The van der Waals surface area contributed by atoms with E-state index in [0.717, 1.165) is 34.5 Å². The number of imidazole rings is 1. The molecule has 6 heteroatoms. The first-order chi connectivity index (χ1) is 14.0. The van der Waals surface area contributed by atoms with Gasteiger partial charge in [0.15, 0.2) is 0 Å². The molecule has 1 atom stereocenters. The zero-order chi connectivity index (χ0) is 20.4. The van der Waals surface area contributed by atoms with Gasteiger partial charge in [0.05, 0.1) is 16.7 Å². The fraction of sp³-hybridized carbons (Fsp3) is 0.217. The van der Waals surface area contributed by atoms with Crippen LogP contribution in [0.2, 0.25) is 0 Å². The van der Waals surface area contributed by atoms with Crippen molar-refractivity contribution in [3.63, 3.8) is 0 Å². The summed E-state index contributed by atoms with van der Waals surface area (Å²) in [4.78, 5) is 20.6. The average molecular weight is 391 g/mol. The van der Waals surface area contributed by atoms with Gasteiger partial charge in [0.25, 0.3) is 5.56 Å². The Morgan fingerprint density at radius 1 is 1.14 bits per heavy atom. The van der Waals surface area contributed by atoms with Gasteiger partial charge >= 0.3 is 0 Å². The molecule has 0 aliphatic heterocycles. The molecule has 1 N–H and O–H groups in total. The number of rotatable bonds is 6. The van der Waals surface area contributed by atoms with Crippen LogP contribution in [0.5, 0.6) is 5.75 Å². The highest BCUT2D eigenvalue weighted by molar-refractivity contribution is 5.77. The largest absolute Gasteiger partial charge is 0.489 e. The van der Waals surface area contributed by atoms with Gasteiger partial charge in [-0.1, -0.05) is 26.0 Å². The number of aromatic nitrogens is 3. The number of pyridine rings is 1. The Labute approximate surface area is 167 Å². The molecule has 0 fully saturated rings. The van der Waals surface area contributed by atoms with Crippen LogP contribution in [-0.4, -0.2) is 14.5 Å². The van der Waals surface area contributed by atoms with Crippen molar-refractivity contribution in [1.82, 2.24) is 14.5 Å². The van der Waals surface area contributed by atoms with Gasteiger partial charge in [-0.05, 0) is 48.4 Å². The monoisotopic (exact) mass is 391 g/mol. The number of nitrogens with one attached hydrogen (secondary N) is 1. The van der Waals surface area contributed by atoms with Crippen molar-refractivity contribution < 1.29 is 9.13 Å². The second-order valence-corrected chi connectivity index (χ2v) is 7.12. The van der Waals surface area contributed by atoms with Crippen LogP contribution < -0.4 is 10.3 Å². The van der Waals surface area contributed by atoms with Crippen molar-refractivity contribution in [3.8, 4) is 11.4 Å². The van der Waals surface area contributed by atoms with Crippen LogP contribution in [0.15, 0.2) is 65.6 Å². The third kappa shape index (κ3) is 4.06. The molecule has 0 radical (unpaired) electrons. The SMILES string of the molecule is CCC(C)c1nc2ccc(-n3ccc(OCc4ccc(F)cc4)cc3=O)cc2[nH]1. The lowest BCUT2D eigenvalue weighted by Gasteiger charge is -2.09. The number of H-pyrrole nitrogens is 1. The van der Waals surface area contributed by atoms with Crippen LogP contribution in [0.1, 0.15) is 37.6 Å². The quantitative estimate of drug-likeness (QED) is 0.506. The second-order valence-electron chi connectivity index (χ2n) is 7.12. The van der Waals surface area contributed by atoms with Gasteiger partial charge in [0.1, 0.15) is 24.0 Å². The highest BCUT2D eigenvalue weighted by atomic mass is 19.1. The lowest BCUT2D eigenvalue weighted by Crippen LogP contribution is -2.16. The summed E-state index contributed by atoms with van der Waals surface area (Å²) in [6.45, 7) is 4.53. The number of hydrogen-bond acceptors (Lipinski definition) is 3. The fourth-order valence-corrected chi connectivity index (χ4v) is 3.11. The molecular weight excluding hydrogens is 369 g/mol. The van der Waals surface area contributed by atoms with Crippen molar-refractivity contribution in [2.45, 2.75) is 32.8 Å². The molecule has 2 aromatic carbocycles. The van der Waals surface area contributed by atoms with E-state index in [1.54, 1.807) is 29.0 Å². The highest BCUT2D eigenvalue weighted by Crippen LogP contribution is 2.22. The molecule has 0 saturated carbocycles. The van der Waals surface area contributed by atoms with Crippen LogP contribution in [0.4, 0.5) is 4.39 Å². The van der Waals surface area contributed by atoms with Crippen molar-refractivity contribution in [2.24, 2.45) is 0 Å². The van der Waals surface area contributed by atoms with Crippen LogP contribution in [0, 0.1) is 5.82 Å². The van der Waals surface area contributed by atoms with Crippen molar-refractivity contribution in [3.05, 3.63) is 88.4 Å². The lowest BCUT2D eigenvalue weighted by molar-refractivity contribution is 0.305. The summed E-state index contributed by atoms with van der Waals surface area (Å²) in [5.74, 6) is 1.49. The van der Waals surface area contributed by atoms with Gasteiger partial charge < -0.3 is 9.72 Å². The van der Waals surface area contributed by atoms with Crippen LogP contribution in [-0.2, 0) is 6.61 Å². The number of ether oxygens (including phenoxy) is 1. The second kappa shape index (κ2) is 7.91. The molecule has 2 heterocycles. The number of nitrogens with zero attached hydrogens (tertiary/aromatic N) is 2. The minimum atomic E-state index is -0.290. The Morgan fingerprint density at radius 3 is 2.66 bits per heavy atom. The molecule has 5 nitrogen and oxygen atoms in total. The summed E-state index contributed by atoms with van der Waals surface area (Å²) in [7, 11) is 0. The standard InChI is InChI=1S/C23H22FN3O2/c1-3-15(2)23-25-20-9-8-18(12-21(20)26-23)27-11-10-19(13-22(27)28)29-14-16-4-6-17(24)7-5-16/h4-13,15H,3,14H2,1-2H3,(H,25,26). The van der Waals surface area contributed by atoms with Crippen LogP contribution in [0.3, 0.4) is 0 Å². The summed E-state index contributed by atoms with van der Waals surface area (Å²) >= 11 is 0. The van der Waals surface area contributed by atoms with E-state index < -0.39 is 0 Å². The maximum absolute atomic E-state index is 13.0. The fourth-order valence-electron chi connectivity index (χ4n) is 3.11. The van der Waals surface area contributed by atoms with Crippen LogP contribution in [0.25, 0.3) is 16.7 Å². The molecular formula is C23H22FN3O2. The predicted octanol–water partition coefficient (Wildman–Crippen LogP) is 4.95. The van der Waals surface area contributed by atoms with Gasteiger partial charge in [0.2, 0.25) is 0 Å². The predicted molar refractivity (Wildman–Crippen MR) is 111 cm³/mol. The third-order valence-corrected chi connectivity index (χ3v) is 5.05. The van der Waals surface area contributed by atoms with E-state index in [2.05, 4.69) is 23.8 Å². The Morgan fingerprint density at radius 2 is 1.93 bits per heavy atom. The first-order valence-corrected chi connectivity index (χ1v) is 9.63. The van der Waals surface area contributed by atoms with E-state index in [9.17, 15) is 9.18 Å². The number of benzene rings is 2. The topological polar surface area (TPSA) is 59.9 Å². The van der Waals surface area contributed by atoms with E-state index in [1.807, 2.05) is 18.2 Å². The maximum Gasteiger partial charge on any atom is 0.258 e. The van der Waals surface area contributed by atoms with Crippen LogP contribution >= 0.6 is 0 Å². The van der Waals surface area contributed by atoms with Gasteiger partial charge in [0, 0.05) is 18.2 Å². The summed E-state index contributed by atoms with van der Waals surface area (Å²) in [5, 5.41) is 0. The first-order valence-electron chi connectivity index (χ1n) is 9.63. The zero-order valence-electron chi connectivity index (χ0n) is 16.4. The number of fused-ring (bicyclic) bond motifs is 1. The van der Waals surface area contributed by atoms with E-state index in [-0.39, 0.29) is 18.0 Å². The molecule has 148 valence electrons. The Balaban J connectivity index is 1.55. The molecule has 0 aliphatic carbocycles. The summed E-state index contributed by atoms with van der Waals surface area (Å²) in [6, 6.07) is 15.0. The summed E-state index contributed by atoms with van der Waals surface area (Å²) < 4.78 is 20.2. The lowest BCUT2D eigenvalue weighted by atomic mass is 10.1. The molecule has 0 aliphatic rings. The molecule has 4 aromatic rings. The Hall–Kier alpha value is -3.41. The molecule has 1 unspecified atom stereocenters. The van der Waals surface area contributed by atoms with E-state index in [4.69, 9.17) is 4.74 Å².